The molecule has 0 spiro atoms. The molecule has 1 aliphatic heterocycles. The van der Waals surface area contributed by atoms with Crippen LogP contribution in [0, 0.1) is 0 Å². The molecular formula is C11H20O10. The van der Waals surface area contributed by atoms with Crippen molar-refractivity contribution >= 4 is 6.29 Å². The van der Waals surface area contributed by atoms with E-state index in [4.69, 9.17) is 14.9 Å². The van der Waals surface area contributed by atoms with Gasteiger partial charge in [-0.2, -0.15) is 0 Å². The Morgan fingerprint density at radius 2 is 1.67 bits per heavy atom. The van der Waals surface area contributed by atoms with Gasteiger partial charge in [0.05, 0.1) is 13.2 Å². The van der Waals surface area contributed by atoms with Crippen LogP contribution in [0.2, 0.25) is 0 Å². The summed E-state index contributed by atoms with van der Waals surface area (Å²) in [6.07, 6.45) is -13.5. The number of hydrogen-bond donors (Lipinski definition) is 8. The Kier molecular flexibility index (Phi) is 6.16. The fraction of sp³-hybridized carbons (Fsp3) is 0.909. The summed E-state index contributed by atoms with van der Waals surface area (Å²) < 4.78 is 4.99. The molecule has 0 radical (unpaired) electrons. The van der Waals surface area contributed by atoms with E-state index in [-0.39, 0.29) is 6.29 Å². The smallest absolute Gasteiger partial charge is 0.154 e. The zero-order valence-corrected chi connectivity index (χ0v) is 10.9. The van der Waals surface area contributed by atoms with Gasteiger partial charge in [-0.3, -0.25) is 0 Å². The monoisotopic (exact) mass is 312 g/mol. The van der Waals surface area contributed by atoms with Gasteiger partial charge in [-0.1, -0.05) is 0 Å². The minimum absolute atomic E-state index is 0.152. The molecule has 1 fully saturated rings. The minimum atomic E-state index is -2.86. The summed E-state index contributed by atoms with van der Waals surface area (Å²) >= 11 is 0. The lowest BCUT2D eigenvalue weighted by molar-refractivity contribution is -0.300. The fourth-order valence-corrected chi connectivity index (χ4v) is 2.29. The molecule has 8 atom stereocenters. The maximum Gasteiger partial charge on any atom is 0.154 e. The van der Waals surface area contributed by atoms with Crippen LogP contribution >= 0.6 is 0 Å². The topological polar surface area (TPSA) is 188 Å². The van der Waals surface area contributed by atoms with E-state index >= 15 is 0 Å². The molecule has 0 saturated carbocycles. The second-order valence-electron chi connectivity index (χ2n) is 4.92. The van der Waals surface area contributed by atoms with Crippen LogP contribution in [0.1, 0.15) is 0 Å². The third kappa shape index (κ3) is 3.08. The highest BCUT2D eigenvalue weighted by atomic mass is 16.6. The molecule has 1 unspecified atom stereocenters. The number of carbonyl (C=O) groups excluding carboxylic acids is 1. The first-order valence-electron chi connectivity index (χ1n) is 6.20. The van der Waals surface area contributed by atoms with Crippen molar-refractivity contribution in [3.63, 3.8) is 0 Å². The van der Waals surface area contributed by atoms with Crippen molar-refractivity contribution in [3.8, 4) is 0 Å². The van der Waals surface area contributed by atoms with Crippen molar-refractivity contribution in [1.29, 1.82) is 0 Å². The van der Waals surface area contributed by atoms with Crippen molar-refractivity contribution in [2.24, 2.45) is 0 Å². The quantitative estimate of drug-likeness (QED) is 0.220. The first-order valence-corrected chi connectivity index (χ1v) is 6.20. The Bertz CT molecular complexity index is 350. The van der Waals surface area contributed by atoms with Gasteiger partial charge in [-0.15, -0.1) is 0 Å². The average Bonchev–Trinajstić information content (AvgIpc) is 2.50. The van der Waals surface area contributed by atoms with Gasteiger partial charge >= 0.3 is 0 Å². The maximum absolute atomic E-state index is 10.7. The molecule has 0 aliphatic carbocycles. The molecule has 1 heterocycles. The van der Waals surface area contributed by atoms with E-state index in [2.05, 4.69) is 0 Å². The molecular weight excluding hydrogens is 292 g/mol. The first kappa shape index (κ1) is 18.4. The van der Waals surface area contributed by atoms with Crippen molar-refractivity contribution in [2.75, 3.05) is 13.2 Å². The van der Waals surface area contributed by atoms with E-state index in [0.29, 0.717) is 0 Å². The Hall–Kier alpha value is -0.690. The molecule has 10 heteroatoms. The van der Waals surface area contributed by atoms with Gasteiger partial charge in [-0.25, -0.2) is 0 Å². The van der Waals surface area contributed by atoms with E-state index in [0.717, 1.165) is 0 Å². The summed E-state index contributed by atoms with van der Waals surface area (Å²) in [4.78, 5) is 10.7. The number of aliphatic hydroxyl groups is 8. The van der Waals surface area contributed by atoms with Gasteiger partial charge in [0.1, 0.15) is 42.7 Å². The molecule has 8 N–H and O–H groups in total. The zero-order chi connectivity index (χ0) is 16.4. The van der Waals surface area contributed by atoms with E-state index in [1.165, 1.54) is 0 Å². The summed E-state index contributed by atoms with van der Waals surface area (Å²) in [5.74, 6) is 0. The summed E-state index contributed by atoms with van der Waals surface area (Å²) in [5, 5.41) is 76.6. The fourth-order valence-electron chi connectivity index (χ4n) is 2.29. The predicted molar refractivity (Wildman–Crippen MR) is 63.9 cm³/mol. The minimum Gasteiger partial charge on any atom is -0.394 e. The third-order valence-electron chi connectivity index (χ3n) is 3.66. The molecule has 21 heavy (non-hydrogen) atoms. The second-order valence-corrected chi connectivity index (χ2v) is 4.92. The van der Waals surface area contributed by atoms with Crippen LogP contribution in [0.25, 0.3) is 0 Å². The second kappa shape index (κ2) is 7.05. The zero-order valence-electron chi connectivity index (χ0n) is 10.9. The average molecular weight is 312 g/mol. The highest BCUT2D eigenvalue weighted by molar-refractivity contribution is 5.58. The van der Waals surface area contributed by atoms with Crippen LogP contribution in [0.4, 0.5) is 0 Å². The molecule has 10 nitrogen and oxygen atoms in total. The van der Waals surface area contributed by atoms with E-state index < -0.39 is 61.5 Å². The van der Waals surface area contributed by atoms with Gasteiger partial charge in [0.2, 0.25) is 0 Å². The molecule has 1 aliphatic rings. The molecule has 0 aromatic carbocycles. The Labute approximate surface area is 119 Å². The van der Waals surface area contributed by atoms with Crippen LogP contribution in [0.3, 0.4) is 0 Å². The lowest BCUT2D eigenvalue weighted by Crippen LogP contribution is -2.72. The Morgan fingerprint density at radius 3 is 2.10 bits per heavy atom. The largest absolute Gasteiger partial charge is 0.394 e. The van der Waals surface area contributed by atoms with E-state index in [1.54, 1.807) is 0 Å². The van der Waals surface area contributed by atoms with E-state index in [9.17, 15) is 35.4 Å². The molecule has 0 bridgehead atoms. The van der Waals surface area contributed by atoms with E-state index in [1.807, 2.05) is 0 Å². The van der Waals surface area contributed by atoms with Gasteiger partial charge in [0, 0.05) is 0 Å². The van der Waals surface area contributed by atoms with Gasteiger partial charge in [0.25, 0.3) is 0 Å². The summed E-state index contributed by atoms with van der Waals surface area (Å²) in [6.45, 7) is -1.89. The normalized spacial score (nSPS) is 39.3. The van der Waals surface area contributed by atoms with Crippen LogP contribution < -0.4 is 0 Å². The molecule has 1 rings (SSSR count). The lowest BCUT2D eigenvalue weighted by Gasteiger charge is -2.48. The molecule has 124 valence electrons. The molecule has 0 aromatic rings. The van der Waals surface area contributed by atoms with Gasteiger partial charge in [-0.05, 0) is 0 Å². The van der Waals surface area contributed by atoms with Crippen molar-refractivity contribution in [1.82, 2.24) is 0 Å². The maximum atomic E-state index is 10.7. The molecule has 0 amide bonds. The van der Waals surface area contributed by atoms with Crippen LogP contribution in [-0.4, -0.2) is 109 Å². The highest BCUT2D eigenvalue weighted by Gasteiger charge is 2.58. The lowest BCUT2D eigenvalue weighted by atomic mass is 9.78. The summed E-state index contributed by atoms with van der Waals surface area (Å²) in [7, 11) is 0. The molecule has 1 saturated heterocycles. The number of aliphatic hydroxyl groups excluding tert-OH is 7. The number of ether oxygens (including phenoxy) is 1. The Morgan fingerprint density at radius 1 is 1.10 bits per heavy atom. The van der Waals surface area contributed by atoms with Gasteiger partial charge in [0.15, 0.2) is 11.9 Å². The van der Waals surface area contributed by atoms with Crippen LogP contribution in [0.5, 0.6) is 0 Å². The summed E-state index contributed by atoms with van der Waals surface area (Å²) in [5.41, 5.74) is -2.86. The SMILES string of the molecule is O=C[C@@H](O)[C@@](O)(C1O[C@H](CO)[C@H](O)[C@H](O)[C@H]1O)[C@H](O)CO. The predicted octanol–water partition coefficient (Wildman–Crippen LogP) is -5.53. The summed E-state index contributed by atoms with van der Waals surface area (Å²) in [6, 6.07) is 0. The highest BCUT2D eigenvalue weighted by Crippen LogP contribution is 2.32. The Balaban J connectivity index is 3.19. The van der Waals surface area contributed by atoms with Crippen molar-refractivity contribution in [2.45, 2.75) is 48.3 Å². The van der Waals surface area contributed by atoms with Crippen LogP contribution in [-0.2, 0) is 9.53 Å². The number of aldehydes is 1. The number of rotatable bonds is 6. The van der Waals surface area contributed by atoms with Crippen molar-refractivity contribution < 1.29 is 50.4 Å². The number of carbonyl (C=O) groups is 1. The first-order chi connectivity index (χ1) is 9.75. The standard InChI is InChI=1S/C11H20O10/c12-1-4-7(17)8(18)9(19)10(21-4)11(20,5(15)2-13)6(16)3-14/h2,4-10,12,14-20H,1,3H2/t4-,5-,6-,7+,8+,9-,10?,11+/m1/s1. The third-order valence-corrected chi connectivity index (χ3v) is 3.66. The molecule has 0 aromatic heterocycles. The van der Waals surface area contributed by atoms with Crippen molar-refractivity contribution in [3.05, 3.63) is 0 Å². The van der Waals surface area contributed by atoms with Crippen LogP contribution in [0.15, 0.2) is 0 Å². The van der Waals surface area contributed by atoms with Gasteiger partial charge < -0.3 is 50.4 Å². The number of hydrogen-bond acceptors (Lipinski definition) is 10.